The normalized spacial score (nSPS) is 15.5. The van der Waals surface area contributed by atoms with E-state index >= 15 is 0 Å². The Morgan fingerprint density at radius 2 is 1.94 bits per heavy atom. The third kappa shape index (κ3) is 4.03. The van der Waals surface area contributed by atoms with Gasteiger partial charge in [0.1, 0.15) is 11.6 Å². The molecule has 180 valence electrons. The first-order chi connectivity index (χ1) is 16.9. The van der Waals surface area contributed by atoms with Gasteiger partial charge in [-0.25, -0.2) is 8.78 Å². The van der Waals surface area contributed by atoms with Crippen LogP contribution >= 0.6 is 0 Å². The van der Waals surface area contributed by atoms with Gasteiger partial charge in [-0.1, -0.05) is 30.7 Å². The number of fused-ring (bicyclic) bond motifs is 1. The highest BCUT2D eigenvalue weighted by Gasteiger charge is 2.32. The number of carbonyl (C=O) groups is 1. The van der Waals surface area contributed by atoms with Gasteiger partial charge in [-0.05, 0) is 62.4 Å². The van der Waals surface area contributed by atoms with E-state index in [2.05, 4.69) is 15.5 Å². The lowest BCUT2D eigenvalue weighted by atomic mass is 9.77. The molecule has 2 atom stereocenters. The predicted molar refractivity (Wildman–Crippen MR) is 129 cm³/mol. The molecule has 0 spiro atoms. The predicted octanol–water partition coefficient (Wildman–Crippen LogP) is 5.19. The second kappa shape index (κ2) is 9.09. The van der Waals surface area contributed by atoms with E-state index in [1.165, 1.54) is 28.8 Å². The van der Waals surface area contributed by atoms with Crippen LogP contribution in [0.25, 0.3) is 10.8 Å². The summed E-state index contributed by atoms with van der Waals surface area (Å²) in [5.74, 6) is -1.30. The summed E-state index contributed by atoms with van der Waals surface area (Å²) in [6.07, 6.45) is 4.47. The standard InChI is InChI=1S/C27H26F2N4O2/c1-15(22-12-13-30-32-22)33-16(2)23(20-10-5-11-21(29)24(20)27(33)35)26(34)31-25(17-6-3-7-17)18-8-4-9-19(28)14-18/h4-5,8-15,17,25H,3,6-7H2,1-2H3,(H,30,32)(H,31,34)/t15?,25-/m0/s1. The summed E-state index contributed by atoms with van der Waals surface area (Å²) >= 11 is 0. The number of hydrogen-bond donors (Lipinski definition) is 2. The molecule has 0 radical (unpaired) electrons. The van der Waals surface area contributed by atoms with Gasteiger partial charge in [0.05, 0.1) is 28.7 Å². The number of halogens is 2. The Morgan fingerprint density at radius 1 is 1.17 bits per heavy atom. The molecular weight excluding hydrogens is 450 g/mol. The number of H-pyrrole nitrogens is 1. The smallest absolute Gasteiger partial charge is 0.262 e. The zero-order chi connectivity index (χ0) is 24.7. The van der Waals surface area contributed by atoms with Crippen molar-refractivity contribution in [3.8, 4) is 0 Å². The average Bonchev–Trinajstić information content (AvgIpc) is 3.32. The molecule has 0 aliphatic heterocycles. The number of carbonyl (C=O) groups excluding carboxylic acids is 1. The first-order valence-corrected chi connectivity index (χ1v) is 11.8. The number of pyridine rings is 1. The molecule has 2 heterocycles. The highest BCUT2D eigenvalue weighted by molar-refractivity contribution is 6.08. The molecule has 0 bridgehead atoms. The molecule has 2 aromatic heterocycles. The Bertz CT molecular complexity index is 1460. The largest absolute Gasteiger partial charge is 0.345 e. The van der Waals surface area contributed by atoms with Crippen LogP contribution in [-0.2, 0) is 0 Å². The molecule has 1 amide bonds. The molecule has 1 saturated carbocycles. The Morgan fingerprint density at radius 3 is 2.60 bits per heavy atom. The van der Waals surface area contributed by atoms with E-state index in [-0.39, 0.29) is 34.1 Å². The van der Waals surface area contributed by atoms with Crippen molar-refractivity contribution in [2.45, 2.75) is 45.2 Å². The fourth-order valence-electron chi connectivity index (χ4n) is 5.09. The minimum atomic E-state index is -0.687. The minimum Gasteiger partial charge on any atom is -0.345 e. The van der Waals surface area contributed by atoms with Gasteiger partial charge < -0.3 is 9.88 Å². The molecule has 2 N–H and O–H groups in total. The van der Waals surface area contributed by atoms with Crippen molar-refractivity contribution in [1.82, 2.24) is 20.1 Å². The number of benzene rings is 2. The summed E-state index contributed by atoms with van der Waals surface area (Å²) in [4.78, 5) is 27.3. The summed E-state index contributed by atoms with van der Waals surface area (Å²) in [5.41, 5.74) is 1.47. The number of hydrogen-bond acceptors (Lipinski definition) is 3. The molecule has 1 fully saturated rings. The van der Waals surface area contributed by atoms with Crippen LogP contribution in [0.2, 0.25) is 0 Å². The van der Waals surface area contributed by atoms with Crippen LogP contribution in [-0.4, -0.2) is 20.7 Å². The van der Waals surface area contributed by atoms with E-state index < -0.39 is 23.3 Å². The molecule has 8 heteroatoms. The SMILES string of the molecule is Cc1c(C(=O)N[C@H](c2cccc(F)c2)C2CCC2)c2cccc(F)c2c(=O)n1C(C)c1ccn[nH]1. The summed E-state index contributed by atoms with van der Waals surface area (Å²) in [6.45, 7) is 3.48. The van der Waals surface area contributed by atoms with Crippen molar-refractivity contribution in [2.24, 2.45) is 5.92 Å². The molecule has 1 aliphatic carbocycles. The molecule has 5 rings (SSSR count). The van der Waals surface area contributed by atoms with Crippen molar-refractivity contribution in [1.29, 1.82) is 0 Å². The highest BCUT2D eigenvalue weighted by Crippen LogP contribution is 2.38. The van der Waals surface area contributed by atoms with Crippen LogP contribution in [0.3, 0.4) is 0 Å². The van der Waals surface area contributed by atoms with Crippen LogP contribution < -0.4 is 10.9 Å². The van der Waals surface area contributed by atoms with Crippen molar-refractivity contribution in [2.75, 3.05) is 0 Å². The molecule has 2 aromatic carbocycles. The first-order valence-electron chi connectivity index (χ1n) is 11.8. The fourth-order valence-corrected chi connectivity index (χ4v) is 5.09. The number of nitrogens with one attached hydrogen (secondary N) is 2. The number of aromatic amines is 1. The van der Waals surface area contributed by atoms with E-state index in [1.807, 2.05) is 0 Å². The van der Waals surface area contributed by atoms with Crippen molar-refractivity contribution in [3.05, 3.63) is 99.2 Å². The summed E-state index contributed by atoms with van der Waals surface area (Å²) in [7, 11) is 0. The maximum Gasteiger partial charge on any atom is 0.262 e. The molecular formula is C27H26F2N4O2. The zero-order valence-corrected chi connectivity index (χ0v) is 19.5. The van der Waals surface area contributed by atoms with Crippen LogP contribution in [0, 0.1) is 24.5 Å². The maximum atomic E-state index is 15.0. The van der Waals surface area contributed by atoms with Crippen LogP contribution in [0.1, 0.15) is 65.6 Å². The number of nitrogens with zero attached hydrogens (tertiary/aromatic N) is 2. The van der Waals surface area contributed by atoms with Gasteiger partial charge in [0, 0.05) is 17.3 Å². The van der Waals surface area contributed by atoms with E-state index in [0.29, 0.717) is 17.0 Å². The van der Waals surface area contributed by atoms with E-state index in [9.17, 15) is 18.4 Å². The third-order valence-corrected chi connectivity index (χ3v) is 7.14. The van der Waals surface area contributed by atoms with Crippen molar-refractivity contribution >= 4 is 16.7 Å². The van der Waals surface area contributed by atoms with Crippen LogP contribution in [0.5, 0.6) is 0 Å². The lowest BCUT2D eigenvalue weighted by molar-refractivity contribution is 0.0900. The van der Waals surface area contributed by atoms with E-state index in [0.717, 1.165) is 19.3 Å². The topological polar surface area (TPSA) is 79.8 Å². The minimum absolute atomic E-state index is 0.138. The Labute approximate surface area is 201 Å². The van der Waals surface area contributed by atoms with Crippen LogP contribution in [0.4, 0.5) is 8.78 Å². The monoisotopic (exact) mass is 476 g/mol. The van der Waals surface area contributed by atoms with Gasteiger partial charge in [0.25, 0.3) is 11.5 Å². The molecule has 1 aliphatic rings. The first kappa shape index (κ1) is 23.0. The van der Waals surface area contributed by atoms with Gasteiger partial charge in [0.15, 0.2) is 0 Å². The summed E-state index contributed by atoms with van der Waals surface area (Å²) < 4.78 is 30.4. The van der Waals surface area contributed by atoms with Crippen molar-refractivity contribution < 1.29 is 13.6 Å². The second-order valence-corrected chi connectivity index (χ2v) is 9.18. The second-order valence-electron chi connectivity index (χ2n) is 9.18. The summed E-state index contributed by atoms with van der Waals surface area (Å²) in [5, 5.41) is 10.0. The van der Waals surface area contributed by atoms with Gasteiger partial charge in [-0.3, -0.25) is 14.7 Å². The van der Waals surface area contributed by atoms with Gasteiger partial charge in [0.2, 0.25) is 0 Å². The van der Waals surface area contributed by atoms with Gasteiger partial charge in [-0.2, -0.15) is 5.10 Å². The summed E-state index contributed by atoms with van der Waals surface area (Å²) in [6, 6.07) is 11.4. The number of aromatic nitrogens is 3. The number of rotatable bonds is 6. The number of amides is 1. The molecule has 35 heavy (non-hydrogen) atoms. The average molecular weight is 477 g/mol. The Kier molecular flexibility index (Phi) is 5.96. The highest BCUT2D eigenvalue weighted by atomic mass is 19.1. The maximum absolute atomic E-state index is 15.0. The third-order valence-electron chi connectivity index (χ3n) is 7.14. The molecule has 6 nitrogen and oxygen atoms in total. The quantitative estimate of drug-likeness (QED) is 0.402. The van der Waals surface area contributed by atoms with Gasteiger partial charge in [-0.15, -0.1) is 0 Å². The molecule has 1 unspecified atom stereocenters. The van der Waals surface area contributed by atoms with E-state index in [1.54, 1.807) is 44.3 Å². The fraction of sp³-hybridized carbons (Fsp3) is 0.296. The van der Waals surface area contributed by atoms with Gasteiger partial charge >= 0.3 is 0 Å². The zero-order valence-electron chi connectivity index (χ0n) is 19.5. The lowest BCUT2D eigenvalue weighted by Gasteiger charge is -2.35. The van der Waals surface area contributed by atoms with Crippen LogP contribution in [0.15, 0.2) is 59.5 Å². The Balaban J connectivity index is 1.65. The lowest BCUT2D eigenvalue weighted by Crippen LogP contribution is -2.38. The van der Waals surface area contributed by atoms with Crippen molar-refractivity contribution in [3.63, 3.8) is 0 Å². The molecule has 4 aromatic rings. The molecule has 0 saturated heterocycles. The van der Waals surface area contributed by atoms with E-state index in [4.69, 9.17) is 0 Å². The Hall–Kier alpha value is -3.81.